The number of aromatic nitrogens is 6. The van der Waals surface area contributed by atoms with Crippen molar-refractivity contribution in [2.24, 2.45) is 0 Å². The Labute approximate surface area is 126 Å². The van der Waals surface area contributed by atoms with Crippen molar-refractivity contribution in [3.05, 3.63) is 53.6 Å². The predicted molar refractivity (Wildman–Crippen MR) is 83.7 cm³/mol. The number of hydrogen-bond acceptors (Lipinski definition) is 4. The fourth-order valence-electron chi connectivity index (χ4n) is 2.60. The second kappa shape index (κ2) is 4.77. The van der Waals surface area contributed by atoms with E-state index >= 15 is 0 Å². The van der Waals surface area contributed by atoms with Gasteiger partial charge in [-0.2, -0.15) is 4.68 Å². The van der Waals surface area contributed by atoms with Gasteiger partial charge >= 0.3 is 0 Å². The summed E-state index contributed by atoms with van der Waals surface area (Å²) in [4.78, 5) is 7.83. The van der Waals surface area contributed by atoms with Crippen molar-refractivity contribution in [2.45, 2.75) is 13.8 Å². The molecule has 2 aromatic heterocycles. The van der Waals surface area contributed by atoms with Gasteiger partial charge in [-0.05, 0) is 48.0 Å². The molecule has 0 radical (unpaired) electrons. The minimum absolute atomic E-state index is 0.600. The summed E-state index contributed by atoms with van der Waals surface area (Å²) in [5.74, 6) is 1.26. The standard InChI is InChI=1S/C16H14N6/c1-10-7-8-14(11(2)9-10)22-16(19-20-21-22)15-17-12-5-3-4-6-13(12)18-15/h3-9H,1-2H3,(H,17,18). The average molecular weight is 290 g/mol. The lowest BCUT2D eigenvalue weighted by atomic mass is 10.1. The Morgan fingerprint density at radius 1 is 1.05 bits per heavy atom. The molecular weight excluding hydrogens is 276 g/mol. The molecule has 0 aliphatic rings. The molecular formula is C16H14N6. The quantitative estimate of drug-likeness (QED) is 0.616. The molecule has 0 aliphatic carbocycles. The first-order valence-corrected chi connectivity index (χ1v) is 7.03. The van der Waals surface area contributed by atoms with Gasteiger partial charge < -0.3 is 4.98 Å². The van der Waals surface area contributed by atoms with Crippen molar-refractivity contribution in [2.75, 3.05) is 0 Å². The van der Waals surface area contributed by atoms with Gasteiger partial charge in [0.15, 0.2) is 5.82 Å². The molecule has 4 rings (SSSR count). The molecule has 4 aromatic rings. The normalized spacial score (nSPS) is 11.2. The van der Waals surface area contributed by atoms with Crippen LogP contribution >= 0.6 is 0 Å². The predicted octanol–water partition coefficient (Wildman–Crippen LogP) is 2.82. The van der Waals surface area contributed by atoms with Gasteiger partial charge in [-0.3, -0.25) is 0 Å². The highest BCUT2D eigenvalue weighted by Gasteiger charge is 2.15. The molecule has 2 heterocycles. The summed E-state index contributed by atoms with van der Waals surface area (Å²) in [6, 6.07) is 14.0. The Morgan fingerprint density at radius 2 is 1.91 bits per heavy atom. The molecule has 1 N–H and O–H groups in total. The lowest BCUT2D eigenvalue weighted by Gasteiger charge is -2.07. The van der Waals surface area contributed by atoms with Crippen LogP contribution in [0.25, 0.3) is 28.4 Å². The molecule has 0 unspecified atom stereocenters. The first kappa shape index (κ1) is 12.7. The van der Waals surface area contributed by atoms with E-state index in [1.165, 1.54) is 5.56 Å². The molecule has 108 valence electrons. The highest BCUT2D eigenvalue weighted by atomic mass is 15.5. The van der Waals surface area contributed by atoms with E-state index in [2.05, 4.69) is 38.5 Å². The van der Waals surface area contributed by atoms with Crippen LogP contribution in [0.2, 0.25) is 0 Å². The zero-order chi connectivity index (χ0) is 15.1. The van der Waals surface area contributed by atoms with Crippen molar-refractivity contribution >= 4 is 11.0 Å². The minimum atomic E-state index is 0.600. The van der Waals surface area contributed by atoms with Crippen LogP contribution in [0.3, 0.4) is 0 Å². The molecule has 22 heavy (non-hydrogen) atoms. The van der Waals surface area contributed by atoms with Crippen LogP contribution in [-0.4, -0.2) is 30.2 Å². The number of tetrazole rings is 1. The Hall–Kier alpha value is -3.02. The lowest BCUT2D eigenvalue weighted by molar-refractivity contribution is 0.786. The fraction of sp³-hybridized carbons (Fsp3) is 0.125. The molecule has 0 bridgehead atoms. The zero-order valence-corrected chi connectivity index (χ0v) is 12.3. The van der Waals surface area contributed by atoms with Gasteiger partial charge in [-0.15, -0.1) is 5.10 Å². The van der Waals surface area contributed by atoms with Crippen molar-refractivity contribution in [3.63, 3.8) is 0 Å². The van der Waals surface area contributed by atoms with Gasteiger partial charge in [0.05, 0.1) is 16.7 Å². The van der Waals surface area contributed by atoms with Crippen LogP contribution in [0.4, 0.5) is 0 Å². The van der Waals surface area contributed by atoms with Gasteiger partial charge in [0.25, 0.3) is 0 Å². The lowest BCUT2D eigenvalue weighted by Crippen LogP contribution is -2.03. The summed E-state index contributed by atoms with van der Waals surface area (Å²) < 4.78 is 1.71. The Kier molecular flexibility index (Phi) is 2.75. The van der Waals surface area contributed by atoms with E-state index in [1.807, 2.05) is 43.3 Å². The number of para-hydroxylation sites is 2. The number of benzene rings is 2. The highest BCUT2D eigenvalue weighted by Crippen LogP contribution is 2.22. The molecule has 0 atom stereocenters. The maximum absolute atomic E-state index is 4.57. The molecule has 6 nitrogen and oxygen atoms in total. The van der Waals surface area contributed by atoms with Crippen LogP contribution in [0.1, 0.15) is 11.1 Å². The van der Waals surface area contributed by atoms with Crippen LogP contribution in [0.15, 0.2) is 42.5 Å². The number of imidazole rings is 1. The van der Waals surface area contributed by atoms with Gasteiger partial charge in [0.2, 0.25) is 5.82 Å². The first-order valence-electron chi connectivity index (χ1n) is 7.03. The van der Waals surface area contributed by atoms with Crippen LogP contribution < -0.4 is 0 Å². The Morgan fingerprint density at radius 3 is 2.73 bits per heavy atom. The Balaban J connectivity index is 1.89. The summed E-state index contributed by atoms with van der Waals surface area (Å²) in [6.45, 7) is 4.11. The largest absolute Gasteiger partial charge is 0.335 e. The number of nitrogens with zero attached hydrogens (tertiary/aromatic N) is 5. The fourth-order valence-corrected chi connectivity index (χ4v) is 2.60. The molecule has 0 saturated carbocycles. The maximum atomic E-state index is 4.57. The van der Waals surface area contributed by atoms with Gasteiger partial charge in [0, 0.05) is 0 Å². The monoisotopic (exact) mass is 290 g/mol. The number of hydrogen-bond donors (Lipinski definition) is 1. The van der Waals surface area contributed by atoms with Gasteiger partial charge in [0.1, 0.15) is 0 Å². The number of aryl methyl sites for hydroxylation is 2. The third kappa shape index (κ3) is 1.96. The SMILES string of the molecule is Cc1ccc(-n2nnnc2-c2nc3ccccc3[nH]2)c(C)c1. The number of rotatable bonds is 2. The average Bonchev–Trinajstić information content (AvgIpc) is 3.13. The summed E-state index contributed by atoms with van der Waals surface area (Å²) in [7, 11) is 0. The molecule has 0 aliphatic heterocycles. The maximum Gasteiger partial charge on any atom is 0.222 e. The second-order valence-corrected chi connectivity index (χ2v) is 5.31. The van der Waals surface area contributed by atoms with E-state index < -0.39 is 0 Å². The number of nitrogens with one attached hydrogen (secondary N) is 1. The molecule has 2 aromatic carbocycles. The smallest absolute Gasteiger partial charge is 0.222 e. The number of fused-ring (bicyclic) bond motifs is 1. The first-order chi connectivity index (χ1) is 10.7. The van der Waals surface area contributed by atoms with Gasteiger partial charge in [-0.1, -0.05) is 29.8 Å². The van der Waals surface area contributed by atoms with Crippen molar-refractivity contribution in [3.8, 4) is 17.3 Å². The summed E-state index contributed by atoms with van der Waals surface area (Å²) in [6.07, 6.45) is 0. The molecule has 6 heteroatoms. The minimum Gasteiger partial charge on any atom is -0.335 e. The van der Waals surface area contributed by atoms with Crippen molar-refractivity contribution < 1.29 is 0 Å². The zero-order valence-electron chi connectivity index (χ0n) is 12.3. The summed E-state index contributed by atoms with van der Waals surface area (Å²) >= 11 is 0. The van der Waals surface area contributed by atoms with E-state index in [-0.39, 0.29) is 0 Å². The van der Waals surface area contributed by atoms with Crippen molar-refractivity contribution in [1.82, 2.24) is 30.2 Å². The summed E-state index contributed by atoms with van der Waals surface area (Å²) in [5, 5.41) is 12.1. The summed E-state index contributed by atoms with van der Waals surface area (Å²) in [5.41, 5.74) is 5.13. The second-order valence-electron chi connectivity index (χ2n) is 5.31. The number of aromatic amines is 1. The Bertz CT molecular complexity index is 933. The van der Waals surface area contributed by atoms with E-state index in [0.717, 1.165) is 22.3 Å². The van der Waals surface area contributed by atoms with Crippen LogP contribution in [0, 0.1) is 13.8 Å². The number of H-pyrrole nitrogens is 1. The molecule has 0 saturated heterocycles. The topological polar surface area (TPSA) is 72.3 Å². The van der Waals surface area contributed by atoms with E-state index in [0.29, 0.717) is 11.6 Å². The highest BCUT2D eigenvalue weighted by molar-refractivity contribution is 5.78. The van der Waals surface area contributed by atoms with E-state index in [4.69, 9.17) is 0 Å². The van der Waals surface area contributed by atoms with Crippen molar-refractivity contribution in [1.29, 1.82) is 0 Å². The van der Waals surface area contributed by atoms with Crippen LogP contribution in [-0.2, 0) is 0 Å². The molecule has 0 amide bonds. The molecule has 0 fully saturated rings. The van der Waals surface area contributed by atoms with E-state index in [1.54, 1.807) is 4.68 Å². The third-order valence-corrected chi connectivity index (χ3v) is 3.65. The van der Waals surface area contributed by atoms with E-state index in [9.17, 15) is 0 Å². The molecule has 0 spiro atoms. The van der Waals surface area contributed by atoms with Crippen LogP contribution in [0.5, 0.6) is 0 Å². The van der Waals surface area contributed by atoms with Gasteiger partial charge in [-0.25, -0.2) is 4.98 Å². The third-order valence-electron chi connectivity index (χ3n) is 3.65.